The van der Waals surface area contributed by atoms with Crippen molar-refractivity contribution in [2.45, 2.75) is 30.4 Å². The molecule has 9 heteroatoms. The van der Waals surface area contributed by atoms with Gasteiger partial charge in [0.2, 0.25) is 5.91 Å². The van der Waals surface area contributed by atoms with Gasteiger partial charge in [0.05, 0.1) is 28.3 Å². The largest absolute Gasteiger partial charge is 0.494 e. The number of fused-ring (bicyclic) bond motifs is 1. The summed E-state index contributed by atoms with van der Waals surface area (Å²) in [6.07, 6.45) is 2.09. The molecule has 2 heterocycles. The number of aromatic nitrogens is 1. The molecule has 2 N–H and O–H groups in total. The van der Waals surface area contributed by atoms with Gasteiger partial charge in [-0.25, -0.2) is 4.98 Å². The van der Waals surface area contributed by atoms with Gasteiger partial charge in [-0.15, -0.1) is 11.8 Å². The van der Waals surface area contributed by atoms with Crippen LogP contribution in [0.25, 0.3) is 10.2 Å². The minimum absolute atomic E-state index is 0.114. The fourth-order valence-electron chi connectivity index (χ4n) is 3.13. The third-order valence-corrected chi connectivity index (χ3v) is 6.97. The van der Waals surface area contributed by atoms with Crippen molar-refractivity contribution in [2.75, 3.05) is 17.2 Å². The summed E-state index contributed by atoms with van der Waals surface area (Å²) in [7, 11) is 0. The average Bonchev–Trinajstić information content (AvgIpc) is 3.47. The highest BCUT2D eigenvalue weighted by molar-refractivity contribution is 8.00. The number of hydrogen-bond donors (Lipinski definition) is 2. The minimum atomic E-state index is -0.324. The molecular weight excluding hydrogens is 458 g/mol. The number of thiazole rings is 1. The Hall–Kier alpha value is -3.30. The van der Waals surface area contributed by atoms with Crippen molar-refractivity contribution in [1.29, 1.82) is 0 Å². The van der Waals surface area contributed by atoms with Gasteiger partial charge in [-0.3, -0.25) is 9.59 Å². The number of ether oxygens (including phenoxy) is 1. The van der Waals surface area contributed by atoms with Gasteiger partial charge in [-0.1, -0.05) is 24.3 Å². The molecule has 7 nitrogen and oxygen atoms in total. The van der Waals surface area contributed by atoms with Gasteiger partial charge >= 0.3 is 0 Å². The van der Waals surface area contributed by atoms with Gasteiger partial charge in [0.15, 0.2) is 10.9 Å². The zero-order chi connectivity index (χ0) is 23.2. The molecule has 0 spiro atoms. The molecule has 0 aliphatic rings. The lowest BCUT2D eigenvalue weighted by molar-refractivity contribution is -0.115. The minimum Gasteiger partial charge on any atom is -0.494 e. The maximum absolute atomic E-state index is 12.9. The molecule has 2 amide bonds. The first-order chi connectivity index (χ1) is 16.1. The Kier molecular flexibility index (Phi) is 7.31. The van der Waals surface area contributed by atoms with Gasteiger partial charge in [0.25, 0.3) is 5.91 Å². The number of benzene rings is 2. The third kappa shape index (κ3) is 5.74. The Labute approximate surface area is 199 Å². The number of carbonyl (C=O) groups excluding carboxylic acids is 2. The van der Waals surface area contributed by atoms with E-state index in [1.54, 1.807) is 18.2 Å². The van der Waals surface area contributed by atoms with Crippen LogP contribution in [0.15, 0.2) is 70.2 Å². The Morgan fingerprint density at radius 3 is 2.76 bits per heavy atom. The maximum atomic E-state index is 12.9. The fourth-order valence-corrected chi connectivity index (χ4v) is 5.05. The molecular formula is C24H23N3O4S2. The molecule has 33 heavy (non-hydrogen) atoms. The summed E-state index contributed by atoms with van der Waals surface area (Å²) < 4.78 is 11.6. The van der Waals surface area contributed by atoms with E-state index in [-0.39, 0.29) is 22.8 Å². The molecule has 0 saturated heterocycles. The quantitative estimate of drug-likeness (QED) is 0.283. The summed E-state index contributed by atoms with van der Waals surface area (Å²) in [5.74, 6) is 0.586. The van der Waals surface area contributed by atoms with E-state index in [0.29, 0.717) is 23.8 Å². The SMILES string of the molecule is CCOc1ccc2nc(NC(=O)C(CC)Sc3cccc(NC(=O)c4ccco4)c3)sc2c1. The summed E-state index contributed by atoms with van der Waals surface area (Å²) in [5, 5.41) is 6.00. The van der Waals surface area contributed by atoms with Gasteiger partial charge < -0.3 is 19.8 Å². The van der Waals surface area contributed by atoms with Gasteiger partial charge in [-0.2, -0.15) is 0 Å². The van der Waals surface area contributed by atoms with Crippen molar-refractivity contribution < 1.29 is 18.7 Å². The lowest BCUT2D eigenvalue weighted by Crippen LogP contribution is -2.24. The van der Waals surface area contributed by atoms with E-state index in [2.05, 4.69) is 15.6 Å². The molecule has 0 fully saturated rings. The average molecular weight is 482 g/mol. The predicted molar refractivity (Wildman–Crippen MR) is 132 cm³/mol. The van der Waals surface area contributed by atoms with Crippen LogP contribution in [0.1, 0.15) is 30.8 Å². The lowest BCUT2D eigenvalue weighted by Gasteiger charge is -2.14. The summed E-state index contributed by atoms with van der Waals surface area (Å²) in [4.78, 5) is 30.5. The van der Waals surface area contributed by atoms with Gasteiger partial charge in [0.1, 0.15) is 5.75 Å². The van der Waals surface area contributed by atoms with Crippen LogP contribution >= 0.6 is 23.1 Å². The highest BCUT2D eigenvalue weighted by atomic mass is 32.2. The maximum Gasteiger partial charge on any atom is 0.291 e. The summed E-state index contributed by atoms with van der Waals surface area (Å²) in [6, 6.07) is 16.4. The van der Waals surface area contributed by atoms with Crippen molar-refractivity contribution in [3.8, 4) is 5.75 Å². The number of furan rings is 1. The standard InChI is InChI=1S/C24H23N3O4S2/c1-3-20(23(29)27-24-26-18-11-10-16(30-4-2)14-21(18)33-24)32-17-8-5-7-15(13-17)25-22(28)19-9-6-12-31-19/h5-14,20H,3-4H2,1-2H3,(H,25,28)(H,26,27,29). The molecule has 1 unspecified atom stereocenters. The van der Waals surface area contributed by atoms with Crippen molar-refractivity contribution in [3.63, 3.8) is 0 Å². The number of nitrogens with one attached hydrogen (secondary N) is 2. The Morgan fingerprint density at radius 2 is 2.00 bits per heavy atom. The van der Waals surface area contributed by atoms with Crippen LogP contribution < -0.4 is 15.4 Å². The van der Waals surface area contributed by atoms with Crippen LogP contribution in [0.4, 0.5) is 10.8 Å². The van der Waals surface area contributed by atoms with E-state index in [1.165, 1.54) is 29.4 Å². The molecule has 0 aliphatic heterocycles. The first-order valence-electron chi connectivity index (χ1n) is 10.5. The molecule has 4 rings (SSSR count). The first-order valence-corrected chi connectivity index (χ1v) is 12.2. The van der Waals surface area contributed by atoms with Crippen molar-refractivity contribution in [3.05, 3.63) is 66.6 Å². The van der Waals surface area contributed by atoms with Crippen LogP contribution in [-0.4, -0.2) is 28.7 Å². The molecule has 0 radical (unpaired) electrons. The Balaban J connectivity index is 1.41. The molecule has 2 aromatic carbocycles. The molecule has 0 saturated carbocycles. The van der Waals surface area contributed by atoms with Crippen molar-refractivity contribution in [2.24, 2.45) is 0 Å². The van der Waals surface area contributed by atoms with E-state index < -0.39 is 0 Å². The molecule has 0 bridgehead atoms. The van der Waals surface area contributed by atoms with E-state index in [1.807, 2.05) is 50.2 Å². The van der Waals surface area contributed by atoms with E-state index in [9.17, 15) is 9.59 Å². The molecule has 0 aliphatic carbocycles. The van der Waals surface area contributed by atoms with E-state index in [4.69, 9.17) is 9.15 Å². The van der Waals surface area contributed by atoms with Crippen LogP contribution in [0, 0.1) is 0 Å². The second-order valence-electron chi connectivity index (χ2n) is 7.04. The highest BCUT2D eigenvalue weighted by Gasteiger charge is 2.20. The number of amides is 2. The van der Waals surface area contributed by atoms with Gasteiger partial charge in [0, 0.05) is 10.6 Å². The number of nitrogens with zero attached hydrogens (tertiary/aromatic N) is 1. The zero-order valence-corrected chi connectivity index (χ0v) is 19.8. The predicted octanol–water partition coefficient (Wildman–Crippen LogP) is 6.05. The number of rotatable bonds is 9. The van der Waals surface area contributed by atoms with Crippen molar-refractivity contribution in [1.82, 2.24) is 4.98 Å². The van der Waals surface area contributed by atoms with Crippen LogP contribution in [0.3, 0.4) is 0 Å². The van der Waals surface area contributed by atoms with Gasteiger partial charge in [-0.05, 0) is 61.9 Å². The molecule has 1 atom stereocenters. The monoisotopic (exact) mass is 481 g/mol. The summed E-state index contributed by atoms with van der Waals surface area (Å²) >= 11 is 2.86. The third-order valence-electron chi connectivity index (χ3n) is 4.68. The fraction of sp³-hybridized carbons (Fsp3) is 0.208. The lowest BCUT2D eigenvalue weighted by atomic mass is 10.3. The zero-order valence-electron chi connectivity index (χ0n) is 18.2. The molecule has 2 aromatic heterocycles. The first kappa shape index (κ1) is 22.9. The number of hydrogen-bond acceptors (Lipinski definition) is 7. The number of carbonyl (C=O) groups is 2. The summed E-state index contributed by atoms with van der Waals surface area (Å²) in [6.45, 7) is 4.50. The smallest absolute Gasteiger partial charge is 0.291 e. The van der Waals surface area contributed by atoms with Crippen LogP contribution in [0.2, 0.25) is 0 Å². The Morgan fingerprint density at radius 1 is 1.12 bits per heavy atom. The highest BCUT2D eigenvalue weighted by Crippen LogP contribution is 2.32. The second kappa shape index (κ2) is 10.5. The molecule has 170 valence electrons. The van der Waals surface area contributed by atoms with E-state index in [0.717, 1.165) is 20.9 Å². The molecule has 4 aromatic rings. The number of thioether (sulfide) groups is 1. The topological polar surface area (TPSA) is 93.5 Å². The normalized spacial score (nSPS) is 11.8. The van der Waals surface area contributed by atoms with Crippen LogP contribution in [-0.2, 0) is 4.79 Å². The van der Waals surface area contributed by atoms with Crippen LogP contribution in [0.5, 0.6) is 5.75 Å². The Bertz CT molecular complexity index is 1250. The second-order valence-corrected chi connectivity index (χ2v) is 9.35. The van der Waals surface area contributed by atoms with E-state index >= 15 is 0 Å². The summed E-state index contributed by atoms with van der Waals surface area (Å²) in [5.41, 5.74) is 1.45. The number of anilines is 2. The van der Waals surface area contributed by atoms with Crippen molar-refractivity contribution >= 4 is 55.9 Å².